The minimum atomic E-state index is -0.217. The number of aromatic nitrogens is 4. The molecule has 0 aliphatic rings. The molecule has 0 unspecified atom stereocenters. The van der Waals surface area contributed by atoms with Crippen molar-refractivity contribution in [2.24, 2.45) is 7.05 Å². The van der Waals surface area contributed by atoms with Crippen molar-refractivity contribution >= 4 is 23.3 Å². The first-order valence-electron chi connectivity index (χ1n) is 6.68. The van der Waals surface area contributed by atoms with Crippen molar-refractivity contribution in [3.8, 4) is 0 Å². The van der Waals surface area contributed by atoms with Crippen LogP contribution in [0.1, 0.15) is 15.9 Å². The van der Waals surface area contributed by atoms with Crippen LogP contribution in [0, 0.1) is 0 Å². The maximum absolute atomic E-state index is 12.2. The summed E-state index contributed by atoms with van der Waals surface area (Å²) in [5.41, 5.74) is 1.55. The molecule has 0 fully saturated rings. The normalized spacial score (nSPS) is 10.6. The van der Waals surface area contributed by atoms with Gasteiger partial charge in [-0.3, -0.25) is 9.48 Å². The van der Waals surface area contributed by atoms with E-state index in [2.05, 4.69) is 15.5 Å². The van der Waals surface area contributed by atoms with Gasteiger partial charge in [0.2, 0.25) is 0 Å². The van der Waals surface area contributed by atoms with Gasteiger partial charge in [-0.15, -0.1) is 0 Å². The summed E-state index contributed by atoms with van der Waals surface area (Å²) in [4.78, 5) is 12.2. The minimum absolute atomic E-state index is 0.217. The van der Waals surface area contributed by atoms with Crippen molar-refractivity contribution in [2.45, 2.75) is 6.54 Å². The van der Waals surface area contributed by atoms with Crippen molar-refractivity contribution in [3.05, 3.63) is 65.1 Å². The molecule has 0 saturated carbocycles. The van der Waals surface area contributed by atoms with E-state index in [1.54, 1.807) is 34.9 Å². The molecule has 1 N–H and O–H groups in total. The van der Waals surface area contributed by atoms with Crippen molar-refractivity contribution in [1.82, 2.24) is 19.6 Å². The molecular formula is C15H14ClN5O. The molecule has 0 spiro atoms. The van der Waals surface area contributed by atoms with Crippen molar-refractivity contribution in [3.63, 3.8) is 0 Å². The molecule has 6 nitrogen and oxygen atoms in total. The van der Waals surface area contributed by atoms with E-state index in [1.807, 2.05) is 24.3 Å². The molecule has 0 atom stereocenters. The van der Waals surface area contributed by atoms with Gasteiger partial charge in [0, 0.05) is 24.3 Å². The third-order valence-corrected chi connectivity index (χ3v) is 3.42. The van der Waals surface area contributed by atoms with Crippen LogP contribution < -0.4 is 5.32 Å². The lowest BCUT2D eigenvalue weighted by Gasteiger charge is -2.08. The summed E-state index contributed by atoms with van der Waals surface area (Å²) in [7, 11) is 1.77. The van der Waals surface area contributed by atoms with Gasteiger partial charge in [-0.2, -0.15) is 10.2 Å². The lowest BCUT2D eigenvalue weighted by atomic mass is 10.2. The zero-order valence-electron chi connectivity index (χ0n) is 11.9. The Labute approximate surface area is 132 Å². The number of carbonyl (C=O) groups excluding carboxylic acids is 1. The highest BCUT2D eigenvalue weighted by molar-refractivity contribution is 6.30. The summed E-state index contributed by atoms with van der Waals surface area (Å²) in [5, 5.41) is 11.7. The first-order chi connectivity index (χ1) is 10.6. The first kappa shape index (κ1) is 14.3. The number of carbonyl (C=O) groups is 1. The Hall–Kier alpha value is -2.60. The summed E-state index contributed by atoms with van der Waals surface area (Å²) in [6.07, 6.45) is 4.83. The third-order valence-electron chi connectivity index (χ3n) is 3.17. The number of amides is 1. The molecule has 7 heteroatoms. The number of anilines is 1. The molecule has 0 aliphatic carbocycles. The van der Waals surface area contributed by atoms with Crippen LogP contribution in [-0.4, -0.2) is 25.5 Å². The number of benzene rings is 1. The Bertz CT molecular complexity index is 790. The monoisotopic (exact) mass is 315 g/mol. The number of hydrogen-bond acceptors (Lipinski definition) is 3. The van der Waals surface area contributed by atoms with Crippen LogP contribution in [0.2, 0.25) is 5.02 Å². The first-order valence-corrected chi connectivity index (χ1v) is 7.06. The molecule has 2 aromatic heterocycles. The largest absolute Gasteiger partial charge is 0.307 e. The molecular weight excluding hydrogens is 302 g/mol. The minimum Gasteiger partial charge on any atom is -0.307 e. The Balaban J connectivity index is 1.74. The molecule has 0 saturated heterocycles. The number of aryl methyl sites for hydroxylation is 1. The number of nitrogens with zero attached hydrogens (tertiary/aromatic N) is 4. The molecule has 0 aliphatic heterocycles. The number of rotatable bonds is 4. The highest BCUT2D eigenvalue weighted by atomic mass is 35.5. The van der Waals surface area contributed by atoms with Crippen molar-refractivity contribution in [2.75, 3.05) is 5.32 Å². The predicted octanol–water partition coefficient (Wildman–Crippen LogP) is 2.57. The van der Waals surface area contributed by atoms with Gasteiger partial charge in [0.1, 0.15) is 5.82 Å². The van der Waals surface area contributed by atoms with Crippen LogP contribution in [0.15, 0.2) is 48.9 Å². The van der Waals surface area contributed by atoms with E-state index in [9.17, 15) is 4.79 Å². The second-order valence-corrected chi connectivity index (χ2v) is 5.29. The van der Waals surface area contributed by atoms with Gasteiger partial charge in [0.05, 0.1) is 24.5 Å². The van der Waals surface area contributed by atoms with Crippen LogP contribution in [0.3, 0.4) is 0 Å². The molecule has 3 rings (SSSR count). The lowest BCUT2D eigenvalue weighted by molar-refractivity contribution is 0.102. The fourth-order valence-electron chi connectivity index (χ4n) is 2.05. The van der Waals surface area contributed by atoms with Gasteiger partial charge in [0.25, 0.3) is 5.91 Å². The number of halogens is 1. The average molecular weight is 316 g/mol. The van der Waals surface area contributed by atoms with E-state index in [4.69, 9.17) is 11.6 Å². The molecule has 0 bridgehead atoms. The molecule has 1 aromatic carbocycles. The van der Waals surface area contributed by atoms with Gasteiger partial charge in [-0.05, 0) is 17.7 Å². The van der Waals surface area contributed by atoms with Crippen LogP contribution >= 0.6 is 11.6 Å². The van der Waals surface area contributed by atoms with Crippen molar-refractivity contribution in [1.29, 1.82) is 0 Å². The summed E-state index contributed by atoms with van der Waals surface area (Å²) >= 11 is 5.88. The SMILES string of the molecule is Cn1cc(C(=O)Nc2ccnn2Cc2ccc(Cl)cc2)cn1. The zero-order valence-corrected chi connectivity index (χ0v) is 12.7. The maximum atomic E-state index is 12.2. The van der Waals surface area contributed by atoms with Crippen LogP contribution in [-0.2, 0) is 13.6 Å². The fraction of sp³-hybridized carbons (Fsp3) is 0.133. The van der Waals surface area contributed by atoms with E-state index in [0.29, 0.717) is 22.9 Å². The molecule has 22 heavy (non-hydrogen) atoms. The maximum Gasteiger partial charge on any atom is 0.259 e. The standard InChI is InChI=1S/C15H14ClN5O/c1-20-10-12(8-18-20)15(22)19-14-6-7-17-21(14)9-11-2-4-13(16)5-3-11/h2-8,10H,9H2,1H3,(H,19,22). The van der Waals surface area contributed by atoms with Crippen LogP contribution in [0.25, 0.3) is 0 Å². The predicted molar refractivity (Wildman–Crippen MR) is 83.9 cm³/mol. The van der Waals surface area contributed by atoms with E-state index in [1.165, 1.54) is 6.20 Å². The number of hydrogen-bond donors (Lipinski definition) is 1. The molecule has 112 valence electrons. The van der Waals surface area contributed by atoms with E-state index in [-0.39, 0.29) is 5.91 Å². The molecule has 0 radical (unpaired) electrons. The Morgan fingerprint density at radius 1 is 1.23 bits per heavy atom. The van der Waals surface area contributed by atoms with Crippen LogP contribution in [0.4, 0.5) is 5.82 Å². The lowest BCUT2D eigenvalue weighted by Crippen LogP contribution is -2.15. The fourth-order valence-corrected chi connectivity index (χ4v) is 2.18. The quantitative estimate of drug-likeness (QED) is 0.804. The summed E-state index contributed by atoms with van der Waals surface area (Å²) in [6, 6.07) is 9.26. The smallest absolute Gasteiger partial charge is 0.259 e. The molecule has 3 aromatic rings. The van der Waals surface area contributed by atoms with Gasteiger partial charge >= 0.3 is 0 Å². The second-order valence-electron chi connectivity index (χ2n) is 4.86. The van der Waals surface area contributed by atoms with Gasteiger partial charge in [0.15, 0.2) is 0 Å². The van der Waals surface area contributed by atoms with Gasteiger partial charge in [-0.25, -0.2) is 4.68 Å². The zero-order chi connectivity index (χ0) is 15.5. The van der Waals surface area contributed by atoms with E-state index >= 15 is 0 Å². The summed E-state index contributed by atoms with van der Waals surface area (Å²) < 4.78 is 3.30. The Morgan fingerprint density at radius 2 is 2.00 bits per heavy atom. The van der Waals surface area contributed by atoms with E-state index in [0.717, 1.165) is 5.56 Å². The Kier molecular flexibility index (Phi) is 3.93. The molecule has 1 amide bonds. The number of nitrogens with one attached hydrogen (secondary N) is 1. The topological polar surface area (TPSA) is 64.7 Å². The Morgan fingerprint density at radius 3 is 2.68 bits per heavy atom. The second kappa shape index (κ2) is 6.03. The highest BCUT2D eigenvalue weighted by Crippen LogP contribution is 2.14. The van der Waals surface area contributed by atoms with E-state index < -0.39 is 0 Å². The van der Waals surface area contributed by atoms with Crippen molar-refractivity contribution < 1.29 is 4.79 Å². The summed E-state index contributed by atoms with van der Waals surface area (Å²) in [5.74, 6) is 0.412. The summed E-state index contributed by atoms with van der Waals surface area (Å²) in [6.45, 7) is 0.548. The van der Waals surface area contributed by atoms with Gasteiger partial charge in [-0.1, -0.05) is 23.7 Å². The van der Waals surface area contributed by atoms with Gasteiger partial charge < -0.3 is 5.32 Å². The molecule has 2 heterocycles. The average Bonchev–Trinajstić information content (AvgIpc) is 3.11. The third kappa shape index (κ3) is 3.17. The highest BCUT2D eigenvalue weighted by Gasteiger charge is 2.11. The van der Waals surface area contributed by atoms with Crippen LogP contribution in [0.5, 0.6) is 0 Å².